The SMILES string of the molecule is CN(C)c1ccc([S@](=O)Nc2ccccc2)cc1. The van der Waals surface area contributed by atoms with Gasteiger partial charge in [0.2, 0.25) is 0 Å². The van der Waals surface area contributed by atoms with E-state index in [1.165, 1.54) is 0 Å². The zero-order chi connectivity index (χ0) is 13.0. The van der Waals surface area contributed by atoms with Gasteiger partial charge in [-0.15, -0.1) is 0 Å². The van der Waals surface area contributed by atoms with Gasteiger partial charge >= 0.3 is 0 Å². The third-order valence-electron chi connectivity index (χ3n) is 2.55. The van der Waals surface area contributed by atoms with Crippen LogP contribution in [-0.2, 0) is 11.0 Å². The lowest BCUT2D eigenvalue weighted by Crippen LogP contribution is -2.09. The maximum atomic E-state index is 12.1. The largest absolute Gasteiger partial charge is 0.378 e. The van der Waals surface area contributed by atoms with Crippen molar-refractivity contribution >= 4 is 22.4 Å². The lowest BCUT2D eigenvalue weighted by atomic mass is 10.3. The van der Waals surface area contributed by atoms with E-state index in [1.54, 1.807) is 0 Å². The number of anilines is 2. The zero-order valence-electron chi connectivity index (χ0n) is 10.5. The summed E-state index contributed by atoms with van der Waals surface area (Å²) in [6.07, 6.45) is 0. The van der Waals surface area contributed by atoms with Crippen LogP contribution in [0.15, 0.2) is 59.5 Å². The summed E-state index contributed by atoms with van der Waals surface area (Å²) < 4.78 is 15.0. The van der Waals surface area contributed by atoms with Crippen LogP contribution in [0.25, 0.3) is 0 Å². The highest BCUT2D eigenvalue weighted by Crippen LogP contribution is 2.16. The number of hydrogen-bond donors (Lipinski definition) is 1. The van der Waals surface area contributed by atoms with Crippen molar-refractivity contribution in [3.63, 3.8) is 0 Å². The van der Waals surface area contributed by atoms with Crippen molar-refractivity contribution in [2.24, 2.45) is 0 Å². The Morgan fingerprint density at radius 1 is 0.944 bits per heavy atom. The molecule has 2 rings (SSSR count). The Kier molecular flexibility index (Phi) is 3.99. The van der Waals surface area contributed by atoms with Gasteiger partial charge in [0, 0.05) is 25.5 Å². The molecule has 4 heteroatoms. The molecule has 0 saturated carbocycles. The average molecular weight is 260 g/mol. The summed E-state index contributed by atoms with van der Waals surface area (Å²) in [5.74, 6) is 0. The van der Waals surface area contributed by atoms with Crippen LogP contribution < -0.4 is 9.62 Å². The van der Waals surface area contributed by atoms with Gasteiger partial charge in [-0.05, 0) is 36.4 Å². The summed E-state index contributed by atoms with van der Waals surface area (Å²) >= 11 is 0. The van der Waals surface area contributed by atoms with E-state index in [9.17, 15) is 4.21 Å². The van der Waals surface area contributed by atoms with Crippen LogP contribution >= 0.6 is 0 Å². The molecule has 0 fully saturated rings. The van der Waals surface area contributed by atoms with Gasteiger partial charge in [0.05, 0.1) is 4.90 Å². The van der Waals surface area contributed by atoms with Gasteiger partial charge in [-0.1, -0.05) is 18.2 Å². The van der Waals surface area contributed by atoms with Crippen molar-refractivity contribution in [1.82, 2.24) is 0 Å². The summed E-state index contributed by atoms with van der Waals surface area (Å²) in [6, 6.07) is 17.2. The van der Waals surface area contributed by atoms with E-state index in [-0.39, 0.29) is 0 Å². The molecule has 3 nitrogen and oxygen atoms in total. The molecule has 1 atom stereocenters. The summed E-state index contributed by atoms with van der Waals surface area (Å²) in [5.41, 5.74) is 1.95. The zero-order valence-corrected chi connectivity index (χ0v) is 11.3. The fourth-order valence-electron chi connectivity index (χ4n) is 1.54. The highest BCUT2D eigenvalue weighted by Gasteiger charge is 2.04. The fourth-order valence-corrected chi connectivity index (χ4v) is 2.39. The quantitative estimate of drug-likeness (QED) is 0.916. The van der Waals surface area contributed by atoms with Crippen molar-refractivity contribution in [1.29, 1.82) is 0 Å². The molecule has 18 heavy (non-hydrogen) atoms. The molecule has 0 saturated heterocycles. The van der Waals surface area contributed by atoms with E-state index in [1.807, 2.05) is 73.6 Å². The third-order valence-corrected chi connectivity index (χ3v) is 3.67. The van der Waals surface area contributed by atoms with Crippen LogP contribution in [0, 0.1) is 0 Å². The second kappa shape index (κ2) is 5.69. The Morgan fingerprint density at radius 3 is 2.11 bits per heavy atom. The molecule has 1 N–H and O–H groups in total. The minimum absolute atomic E-state index is 0.768. The van der Waals surface area contributed by atoms with Gasteiger partial charge < -0.3 is 9.62 Å². The van der Waals surface area contributed by atoms with Crippen LogP contribution in [0.4, 0.5) is 11.4 Å². The normalized spacial score (nSPS) is 11.9. The van der Waals surface area contributed by atoms with E-state index < -0.39 is 11.0 Å². The molecule has 0 bridgehead atoms. The highest BCUT2D eigenvalue weighted by atomic mass is 32.2. The molecule has 0 aliphatic carbocycles. The smallest absolute Gasteiger partial charge is 0.150 e. The highest BCUT2D eigenvalue weighted by molar-refractivity contribution is 7.86. The topological polar surface area (TPSA) is 32.3 Å². The molecule has 2 aromatic carbocycles. The Labute approximate surface area is 110 Å². The molecular formula is C14H16N2OS. The molecule has 94 valence electrons. The maximum absolute atomic E-state index is 12.1. The minimum atomic E-state index is -1.22. The molecular weight excluding hydrogens is 244 g/mol. The summed E-state index contributed by atoms with van der Waals surface area (Å²) in [6.45, 7) is 0. The first kappa shape index (κ1) is 12.6. The van der Waals surface area contributed by atoms with Crippen molar-refractivity contribution in [3.05, 3.63) is 54.6 Å². The van der Waals surface area contributed by atoms with Crippen LogP contribution in [0.5, 0.6) is 0 Å². The van der Waals surface area contributed by atoms with E-state index in [0.717, 1.165) is 16.3 Å². The number of nitrogens with zero attached hydrogens (tertiary/aromatic N) is 1. The van der Waals surface area contributed by atoms with Crippen LogP contribution in [0.1, 0.15) is 0 Å². The second-order valence-corrected chi connectivity index (χ2v) is 5.34. The van der Waals surface area contributed by atoms with Crippen molar-refractivity contribution < 1.29 is 4.21 Å². The van der Waals surface area contributed by atoms with Gasteiger partial charge in [-0.25, -0.2) is 4.21 Å². The lowest BCUT2D eigenvalue weighted by molar-refractivity contribution is 0.686. The first-order valence-corrected chi connectivity index (χ1v) is 6.82. The lowest BCUT2D eigenvalue weighted by Gasteiger charge is -2.12. The number of para-hydroxylation sites is 1. The fraction of sp³-hybridized carbons (Fsp3) is 0.143. The van der Waals surface area contributed by atoms with E-state index in [2.05, 4.69) is 4.72 Å². The van der Waals surface area contributed by atoms with Gasteiger partial charge in [0.1, 0.15) is 11.0 Å². The summed E-state index contributed by atoms with van der Waals surface area (Å²) in [4.78, 5) is 2.78. The van der Waals surface area contributed by atoms with E-state index in [0.29, 0.717) is 0 Å². The molecule has 0 aliphatic heterocycles. The Bertz CT molecular complexity index is 523. The predicted octanol–water partition coefficient (Wildman–Crippen LogP) is 2.89. The number of nitrogens with one attached hydrogen (secondary N) is 1. The molecule has 0 unspecified atom stereocenters. The van der Waals surface area contributed by atoms with Crippen molar-refractivity contribution in [2.45, 2.75) is 4.90 Å². The predicted molar refractivity (Wildman–Crippen MR) is 77.2 cm³/mol. The number of rotatable bonds is 4. The van der Waals surface area contributed by atoms with Crippen LogP contribution in [-0.4, -0.2) is 18.3 Å². The first-order valence-electron chi connectivity index (χ1n) is 5.67. The second-order valence-electron chi connectivity index (χ2n) is 4.13. The molecule has 0 amide bonds. The summed E-state index contributed by atoms with van der Waals surface area (Å²) in [5, 5.41) is 0. The molecule has 0 radical (unpaired) electrons. The molecule has 0 spiro atoms. The number of benzene rings is 2. The van der Waals surface area contributed by atoms with Gasteiger partial charge in [-0.3, -0.25) is 0 Å². The Morgan fingerprint density at radius 2 is 1.56 bits per heavy atom. The van der Waals surface area contributed by atoms with E-state index in [4.69, 9.17) is 0 Å². The van der Waals surface area contributed by atoms with Crippen LogP contribution in [0.3, 0.4) is 0 Å². The van der Waals surface area contributed by atoms with Gasteiger partial charge in [0.25, 0.3) is 0 Å². The summed E-state index contributed by atoms with van der Waals surface area (Å²) in [7, 11) is 2.74. The standard InChI is InChI=1S/C14H16N2OS/c1-16(2)13-8-10-14(11-9-13)18(17)15-12-6-4-3-5-7-12/h3-11,15H,1-2H3/t18-/m0/s1. The minimum Gasteiger partial charge on any atom is -0.378 e. The molecule has 0 heterocycles. The molecule has 2 aromatic rings. The maximum Gasteiger partial charge on any atom is 0.150 e. The van der Waals surface area contributed by atoms with E-state index >= 15 is 0 Å². The molecule has 0 aromatic heterocycles. The van der Waals surface area contributed by atoms with Crippen molar-refractivity contribution in [2.75, 3.05) is 23.7 Å². The van der Waals surface area contributed by atoms with Gasteiger partial charge in [-0.2, -0.15) is 0 Å². The average Bonchev–Trinajstić information content (AvgIpc) is 2.40. The van der Waals surface area contributed by atoms with Crippen LogP contribution in [0.2, 0.25) is 0 Å². The monoisotopic (exact) mass is 260 g/mol. The van der Waals surface area contributed by atoms with Crippen molar-refractivity contribution in [3.8, 4) is 0 Å². The third kappa shape index (κ3) is 3.11. The Balaban J connectivity index is 2.10. The Hall–Kier alpha value is -1.81. The first-order chi connectivity index (χ1) is 8.66. The number of hydrogen-bond acceptors (Lipinski definition) is 2. The molecule has 0 aliphatic rings. The van der Waals surface area contributed by atoms with Gasteiger partial charge in [0.15, 0.2) is 0 Å².